The molecular weight excluding hydrogens is 214 g/mol. The quantitative estimate of drug-likeness (QED) is 0.711. The predicted octanol–water partition coefficient (Wildman–Crippen LogP) is 2.20. The summed E-state index contributed by atoms with van der Waals surface area (Å²) in [7, 11) is 0. The molecule has 1 aliphatic rings. The highest BCUT2D eigenvalue weighted by molar-refractivity contribution is 5.61. The van der Waals surface area contributed by atoms with Gasteiger partial charge in [0, 0.05) is 26.0 Å². The number of hydrogen-bond donors (Lipinski definition) is 2. The number of aromatic nitrogens is 1. The maximum absolute atomic E-state index is 5.85. The highest BCUT2D eigenvalue weighted by atomic mass is 16.5. The number of hydrogen-bond acceptors (Lipinski definition) is 4. The predicted molar refractivity (Wildman–Crippen MR) is 70.0 cm³/mol. The van der Waals surface area contributed by atoms with Crippen LogP contribution in [0.15, 0.2) is 12.3 Å². The van der Waals surface area contributed by atoms with Crippen molar-refractivity contribution < 1.29 is 4.74 Å². The molecule has 1 saturated carbocycles. The zero-order chi connectivity index (χ0) is 12.1. The van der Waals surface area contributed by atoms with Crippen LogP contribution in [0.2, 0.25) is 0 Å². The van der Waals surface area contributed by atoms with Gasteiger partial charge in [0.05, 0.1) is 5.69 Å². The summed E-state index contributed by atoms with van der Waals surface area (Å²) in [4.78, 5) is 4.26. The Kier molecular flexibility index (Phi) is 4.20. The minimum atomic E-state index is 0.712. The van der Waals surface area contributed by atoms with Crippen molar-refractivity contribution in [1.82, 2.24) is 4.98 Å². The molecule has 0 aliphatic heterocycles. The first-order valence-electron chi connectivity index (χ1n) is 6.29. The van der Waals surface area contributed by atoms with E-state index < -0.39 is 0 Å². The standard InChI is InChI=1S/C13H21N3O/c1-10-7-12(14)13(16-8-10)15-5-2-6-17-9-11-3-4-11/h7-8,11H,2-6,9,14H2,1H3,(H,15,16). The molecule has 1 aliphatic carbocycles. The van der Waals surface area contributed by atoms with Crippen molar-refractivity contribution in [3.05, 3.63) is 17.8 Å². The fourth-order valence-corrected chi connectivity index (χ4v) is 1.66. The van der Waals surface area contributed by atoms with Crippen LogP contribution < -0.4 is 11.1 Å². The molecule has 1 aromatic rings. The van der Waals surface area contributed by atoms with E-state index in [1.54, 1.807) is 0 Å². The van der Waals surface area contributed by atoms with Crippen molar-refractivity contribution in [2.75, 3.05) is 30.8 Å². The lowest BCUT2D eigenvalue weighted by atomic mass is 10.3. The second-order valence-corrected chi connectivity index (χ2v) is 4.75. The zero-order valence-electron chi connectivity index (χ0n) is 10.4. The van der Waals surface area contributed by atoms with Crippen LogP contribution in [0.5, 0.6) is 0 Å². The van der Waals surface area contributed by atoms with Gasteiger partial charge in [-0.05, 0) is 43.7 Å². The number of pyridine rings is 1. The molecular formula is C13H21N3O. The number of nitrogen functional groups attached to an aromatic ring is 1. The summed E-state index contributed by atoms with van der Waals surface area (Å²) in [5.41, 5.74) is 7.65. The van der Waals surface area contributed by atoms with Crippen LogP contribution in [0.4, 0.5) is 11.5 Å². The van der Waals surface area contributed by atoms with Gasteiger partial charge in [-0.15, -0.1) is 0 Å². The Balaban J connectivity index is 1.60. The van der Waals surface area contributed by atoms with E-state index in [4.69, 9.17) is 10.5 Å². The van der Waals surface area contributed by atoms with Gasteiger partial charge in [-0.1, -0.05) is 0 Å². The molecule has 0 spiro atoms. The lowest BCUT2D eigenvalue weighted by Crippen LogP contribution is -2.09. The van der Waals surface area contributed by atoms with E-state index in [0.29, 0.717) is 5.69 Å². The molecule has 0 atom stereocenters. The smallest absolute Gasteiger partial charge is 0.149 e. The molecule has 0 unspecified atom stereocenters. The SMILES string of the molecule is Cc1cnc(NCCCOCC2CC2)c(N)c1. The molecule has 0 aromatic carbocycles. The fourth-order valence-electron chi connectivity index (χ4n) is 1.66. The molecule has 3 N–H and O–H groups in total. The van der Waals surface area contributed by atoms with Crippen molar-refractivity contribution in [3.63, 3.8) is 0 Å². The number of rotatable bonds is 7. The Morgan fingerprint density at radius 1 is 1.53 bits per heavy atom. The molecule has 0 saturated heterocycles. The van der Waals surface area contributed by atoms with Gasteiger partial charge in [0.15, 0.2) is 0 Å². The first kappa shape index (κ1) is 12.2. The Morgan fingerprint density at radius 2 is 2.35 bits per heavy atom. The van der Waals surface area contributed by atoms with Crippen LogP contribution in [0.25, 0.3) is 0 Å². The maximum Gasteiger partial charge on any atom is 0.149 e. The molecule has 1 heterocycles. The Hall–Kier alpha value is -1.29. The monoisotopic (exact) mass is 235 g/mol. The highest BCUT2D eigenvalue weighted by Gasteiger charge is 2.20. The summed E-state index contributed by atoms with van der Waals surface area (Å²) in [5, 5.41) is 3.23. The average Bonchev–Trinajstić information content (AvgIpc) is 3.09. The van der Waals surface area contributed by atoms with E-state index in [1.807, 2.05) is 19.2 Å². The van der Waals surface area contributed by atoms with Crippen LogP contribution in [0.1, 0.15) is 24.8 Å². The lowest BCUT2D eigenvalue weighted by Gasteiger charge is -2.08. The van der Waals surface area contributed by atoms with Gasteiger partial charge in [0.1, 0.15) is 5.82 Å². The van der Waals surface area contributed by atoms with Crippen molar-refractivity contribution in [3.8, 4) is 0 Å². The van der Waals surface area contributed by atoms with E-state index >= 15 is 0 Å². The molecule has 94 valence electrons. The Bertz CT molecular complexity index is 364. The highest BCUT2D eigenvalue weighted by Crippen LogP contribution is 2.28. The van der Waals surface area contributed by atoms with Gasteiger partial charge in [-0.25, -0.2) is 4.98 Å². The summed E-state index contributed by atoms with van der Waals surface area (Å²) in [6.07, 6.45) is 5.51. The molecule has 4 nitrogen and oxygen atoms in total. The third-order valence-corrected chi connectivity index (χ3v) is 2.86. The van der Waals surface area contributed by atoms with Crippen LogP contribution in [0.3, 0.4) is 0 Å². The average molecular weight is 235 g/mol. The summed E-state index contributed by atoms with van der Waals surface area (Å²) < 4.78 is 5.55. The van der Waals surface area contributed by atoms with Gasteiger partial charge in [-0.3, -0.25) is 0 Å². The van der Waals surface area contributed by atoms with Gasteiger partial charge < -0.3 is 15.8 Å². The largest absolute Gasteiger partial charge is 0.396 e. The van der Waals surface area contributed by atoms with Crippen molar-refractivity contribution >= 4 is 11.5 Å². The normalized spacial score (nSPS) is 14.9. The zero-order valence-corrected chi connectivity index (χ0v) is 10.4. The summed E-state index contributed by atoms with van der Waals surface area (Å²) in [6, 6.07) is 1.93. The number of nitrogens with one attached hydrogen (secondary N) is 1. The summed E-state index contributed by atoms with van der Waals surface area (Å²) in [5.74, 6) is 1.62. The van der Waals surface area contributed by atoms with E-state index in [0.717, 1.165) is 43.5 Å². The molecule has 0 amide bonds. The summed E-state index contributed by atoms with van der Waals surface area (Å²) >= 11 is 0. The van der Waals surface area contributed by atoms with Crippen LogP contribution in [-0.4, -0.2) is 24.7 Å². The third-order valence-electron chi connectivity index (χ3n) is 2.86. The van der Waals surface area contributed by atoms with Gasteiger partial charge in [0.2, 0.25) is 0 Å². The third kappa shape index (κ3) is 4.23. The molecule has 0 bridgehead atoms. The fraction of sp³-hybridized carbons (Fsp3) is 0.615. The van der Waals surface area contributed by atoms with E-state index in [-0.39, 0.29) is 0 Å². The second-order valence-electron chi connectivity index (χ2n) is 4.75. The summed E-state index contributed by atoms with van der Waals surface area (Å²) in [6.45, 7) is 4.59. The minimum Gasteiger partial charge on any atom is -0.396 e. The first-order valence-corrected chi connectivity index (χ1v) is 6.29. The van der Waals surface area contributed by atoms with Gasteiger partial charge in [0.25, 0.3) is 0 Å². The Morgan fingerprint density at radius 3 is 3.06 bits per heavy atom. The van der Waals surface area contributed by atoms with E-state index in [2.05, 4.69) is 10.3 Å². The topological polar surface area (TPSA) is 60.2 Å². The molecule has 2 rings (SSSR count). The van der Waals surface area contributed by atoms with Crippen molar-refractivity contribution in [2.45, 2.75) is 26.2 Å². The first-order chi connectivity index (χ1) is 8.25. The van der Waals surface area contributed by atoms with E-state index in [1.165, 1.54) is 12.8 Å². The lowest BCUT2D eigenvalue weighted by molar-refractivity contribution is 0.124. The van der Waals surface area contributed by atoms with Crippen LogP contribution in [0, 0.1) is 12.8 Å². The van der Waals surface area contributed by atoms with Crippen molar-refractivity contribution in [1.29, 1.82) is 0 Å². The number of aryl methyl sites for hydroxylation is 1. The number of nitrogens with zero attached hydrogens (tertiary/aromatic N) is 1. The molecule has 17 heavy (non-hydrogen) atoms. The maximum atomic E-state index is 5.85. The minimum absolute atomic E-state index is 0.712. The number of anilines is 2. The molecule has 1 fully saturated rings. The van der Waals surface area contributed by atoms with Crippen LogP contribution in [-0.2, 0) is 4.74 Å². The Labute approximate surface area is 103 Å². The van der Waals surface area contributed by atoms with Crippen LogP contribution >= 0.6 is 0 Å². The number of nitrogens with two attached hydrogens (primary N) is 1. The number of ether oxygens (including phenoxy) is 1. The second kappa shape index (κ2) is 5.87. The van der Waals surface area contributed by atoms with E-state index in [9.17, 15) is 0 Å². The molecule has 0 radical (unpaired) electrons. The van der Waals surface area contributed by atoms with Gasteiger partial charge >= 0.3 is 0 Å². The van der Waals surface area contributed by atoms with Crippen molar-refractivity contribution in [2.24, 2.45) is 5.92 Å². The van der Waals surface area contributed by atoms with Gasteiger partial charge in [-0.2, -0.15) is 0 Å². The molecule has 1 aromatic heterocycles. The molecule has 4 heteroatoms.